The summed E-state index contributed by atoms with van der Waals surface area (Å²) in [6.07, 6.45) is 5.99. The number of rotatable bonds is 6. The van der Waals surface area contributed by atoms with E-state index in [9.17, 15) is 4.79 Å². The highest BCUT2D eigenvalue weighted by Gasteiger charge is 2.28. The Morgan fingerprint density at radius 1 is 1.60 bits per heavy atom. The van der Waals surface area contributed by atoms with Gasteiger partial charge in [-0.15, -0.1) is 11.3 Å². The topological polar surface area (TPSA) is 51.2 Å². The molecule has 3 unspecified atom stereocenters. The van der Waals surface area contributed by atoms with E-state index in [2.05, 4.69) is 17.2 Å². The van der Waals surface area contributed by atoms with Crippen molar-refractivity contribution < 1.29 is 9.53 Å². The van der Waals surface area contributed by atoms with Crippen LogP contribution in [0, 0.1) is 5.92 Å². The summed E-state index contributed by atoms with van der Waals surface area (Å²) in [6.45, 7) is 5.46. The van der Waals surface area contributed by atoms with E-state index in [1.54, 1.807) is 11.3 Å². The van der Waals surface area contributed by atoms with Crippen molar-refractivity contribution in [3.8, 4) is 0 Å². The summed E-state index contributed by atoms with van der Waals surface area (Å²) in [4.78, 5) is 16.2. The third-order valence-electron chi connectivity index (χ3n) is 3.88. The highest BCUT2D eigenvalue weighted by atomic mass is 32.1. The molecule has 1 heterocycles. The van der Waals surface area contributed by atoms with Crippen LogP contribution in [0.1, 0.15) is 50.5 Å². The maximum Gasteiger partial charge on any atom is 0.308 e. The van der Waals surface area contributed by atoms with Crippen molar-refractivity contribution in [2.45, 2.75) is 51.5 Å². The lowest BCUT2D eigenvalue weighted by atomic mass is 9.85. The number of nitrogens with one attached hydrogen (secondary N) is 1. The van der Waals surface area contributed by atoms with Crippen molar-refractivity contribution >= 4 is 17.3 Å². The second-order valence-corrected chi connectivity index (χ2v) is 6.42. The number of esters is 1. The largest absolute Gasteiger partial charge is 0.466 e. The van der Waals surface area contributed by atoms with Crippen molar-refractivity contribution in [2.75, 3.05) is 13.2 Å². The molecule has 2 rings (SSSR count). The first-order valence-corrected chi connectivity index (χ1v) is 8.38. The van der Waals surface area contributed by atoms with Gasteiger partial charge in [0.25, 0.3) is 0 Å². The van der Waals surface area contributed by atoms with Gasteiger partial charge >= 0.3 is 5.97 Å². The zero-order chi connectivity index (χ0) is 14.4. The van der Waals surface area contributed by atoms with Crippen LogP contribution in [-0.2, 0) is 9.53 Å². The molecular weight excluding hydrogens is 272 g/mol. The van der Waals surface area contributed by atoms with Crippen LogP contribution in [0.5, 0.6) is 0 Å². The summed E-state index contributed by atoms with van der Waals surface area (Å²) in [5.41, 5.74) is 0. The lowest BCUT2D eigenvalue weighted by Crippen LogP contribution is -2.38. The summed E-state index contributed by atoms with van der Waals surface area (Å²) in [5, 5.41) is 6.79. The monoisotopic (exact) mass is 296 g/mol. The molecule has 1 N–H and O–H groups in total. The van der Waals surface area contributed by atoms with Crippen molar-refractivity contribution in [1.29, 1.82) is 0 Å². The number of thiazole rings is 1. The SMILES string of the molecule is CCOC(=O)C1CCCC(NCC(C)c2nccs2)C1. The summed E-state index contributed by atoms with van der Waals surface area (Å²) in [6, 6.07) is 0.431. The molecule has 1 fully saturated rings. The Balaban J connectivity index is 1.77. The molecule has 3 atom stereocenters. The van der Waals surface area contributed by atoms with Crippen LogP contribution in [0.2, 0.25) is 0 Å². The third-order valence-corrected chi connectivity index (χ3v) is 4.89. The summed E-state index contributed by atoms with van der Waals surface area (Å²) in [5.74, 6) is 0.487. The van der Waals surface area contributed by atoms with Gasteiger partial charge in [0.2, 0.25) is 0 Å². The van der Waals surface area contributed by atoms with E-state index in [0.29, 0.717) is 18.6 Å². The predicted molar refractivity (Wildman–Crippen MR) is 80.9 cm³/mol. The molecule has 0 aliphatic heterocycles. The summed E-state index contributed by atoms with van der Waals surface area (Å²) >= 11 is 1.70. The summed E-state index contributed by atoms with van der Waals surface area (Å²) < 4.78 is 5.14. The minimum Gasteiger partial charge on any atom is -0.466 e. The lowest BCUT2D eigenvalue weighted by molar-refractivity contribution is -0.149. The quantitative estimate of drug-likeness (QED) is 0.820. The molecule has 4 nitrogen and oxygen atoms in total. The molecule has 1 aromatic rings. The maximum atomic E-state index is 11.8. The Morgan fingerprint density at radius 3 is 3.15 bits per heavy atom. The van der Waals surface area contributed by atoms with Gasteiger partial charge in [0.15, 0.2) is 0 Å². The van der Waals surface area contributed by atoms with Crippen molar-refractivity contribution in [3.05, 3.63) is 16.6 Å². The van der Waals surface area contributed by atoms with Crippen LogP contribution in [0.15, 0.2) is 11.6 Å². The van der Waals surface area contributed by atoms with Gasteiger partial charge in [-0.05, 0) is 26.2 Å². The fourth-order valence-corrected chi connectivity index (χ4v) is 3.46. The van der Waals surface area contributed by atoms with Crippen molar-refractivity contribution in [1.82, 2.24) is 10.3 Å². The van der Waals surface area contributed by atoms with Crippen molar-refractivity contribution in [3.63, 3.8) is 0 Å². The van der Waals surface area contributed by atoms with Crippen LogP contribution < -0.4 is 5.32 Å². The molecule has 1 aromatic heterocycles. The Hall–Kier alpha value is -0.940. The molecule has 0 spiro atoms. The second-order valence-electron chi connectivity index (χ2n) is 5.49. The van der Waals surface area contributed by atoms with Gasteiger partial charge in [0.1, 0.15) is 0 Å². The van der Waals surface area contributed by atoms with E-state index in [1.807, 2.05) is 18.5 Å². The average molecular weight is 296 g/mol. The average Bonchev–Trinajstić information content (AvgIpc) is 2.99. The number of hydrogen-bond acceptors (Lipinski definition) is 5. The summed E-state index contributed by atoms with van der Waals surface area (Å²) in [7, 11) is 0. The fourth-order valence-electron chi connectivity index (χ4n) is 2.76. The van der Waals surface area contributed by atoms with Gasteiger partial charge in [0, 0.05) is 30.1 Å². The van der Waals surface area contributed by atoms with E-state index >= 15 is 0 Å². The first-order chi connectivity index (χ1) is 9.70. The highest BCUT2D eigenvalue weighted by Crippen LogP contribution is 2.26. The van der Waals surface area contributed by atoms with E-state index in [0.717, 1.165) is 32.2 Å². The number of aromatic nitrogens is 1. The van der Waals surface area contributed by atoms with Crippen LogP contribution in [-0.4, -0.2) is 30.1 Å². The molecule has 112 valence electrons. The molecular formula is C15H24N2O2S. The van der Waals surface area contributed by atoms with Crippen LogP contribution >= 0.6 is 11.3 Å². The molecule has 5 heteroatoms. The minimum absolute atomic E-state index is 0.0213. The first-order valence-electron chi connectivity index (χ1n) is 7.50. The van der Waals surface area contributed by atoms with Crippen LogP contribution in [0.3, 0.4) is 0 Å². The first kappa shape index (κ1) is 15.4. The minimum atomic E-state index is -0.0213. The molecule has 1 saturated carbocycles. The highest BCUT2D eigenvalue weighted by molar-refractivity contribution is 7.09. The molecule has 1 aliphatic carbocycles. The van der Waals surface area contributed by atoms with Gasteiger partial charge < -0.3 is 10.1 Å². The smallest absolute Gasteiger partial charge is 0.308 e. The zero-order valence-corrected chi connectivity index (χ0v) is 13.1. The van der Waals surface area contributed by atoms with Gasteiger partial charge in [0.05, 0.1) is 17.5 Å². The predicted octanol–water partition coefficient (Wildman–Crippen LogP) is 2.96. The Morgan fingerprint density at radius 2 is 2.45 bits per heavy atom. The molecule has 0 amide bonds. The number of carbonyl (C=O) groups is 1. The number of nitrogens with zero attached hydrogens (tertiary/aromatic N) is 1. The Labute approximate surface area is 124 Å². The second kappa shape index (κ2) is 7.74. The molecule has 1 aliphatic rings. The number of hydrogen-bond donors (Lipinski definition) is 1. The van der Waals surface area contributed by atoms with E-state index in [1.165, 1.54) is 5.01 Å². The lowest BCUT2D eigenvalue weighted by Gasteiger charge is -2.29. The molecule has 0 saturated heterocycles. The maximum absolute atomic E-state index is 11.8. The normalized spacial score (nSPS) is 24.3. The van der Waals surface area contributed by atoms with Crippen LogP contribution in [0.25, 0.3) is 0 Å². The fraction of sp³-hybridized carbons (Fsp3) is 0.733. The molecule has 20 heavy (non-hydrogen) atoms. The molecule has 0 bridgehead atoms. The zero-order valence-electron chi connectivity index (χ0n) is 12.3. The molecule has 0 aromatic carbocycles. The third kappa shape index (κ3) is 4.28. The number of carbonyl (C=O) groups excluding carboxylic acids is 1. The van der Waals surface area contributed by atoms with Gasteiger partial charge in [-0.2, -0.15) is 0 Å². The van der Waals surface area contributed by atoms with Crippen LogP contribution in [0.4, 0.5) is 0 Å². The van der Waals surface area contributed by atoms with Gasteiger partial charge in [-0.1, -0.05) is 13.3 Å². The Kier molecular flexibility index (Phi) is 5.98. The standard InChI is InChI=1S/C15H24N2O2S/c1-3-19-15(18)12-5-4-6-13(9-12)17-10-11(2)14-16-7-8-20-14/h7-8,11-13,17H,3-6,9-10H2,1-2H3. The van der Waals surface area contributed by atoms with Gasteiger partial charge in [-0.3, -0.25) is 4.79 Å². The van der Waals surface area contributed by atoms with E-state index in [-0.39, 0.29) is 11.9 Å². The van der Waals surface area contributed by atoms with E-state index in [4.69, 9.17) is 4.74 Å². The van der Waals surface area contributed by atoms with Gasteiger partial charge in [-0.25, -0.2) is 4.98 Å². The van der Waals surface area contributed by atoms with Crippen molar-refractivity contribution in [2.24, 2.45) is 5.92 Å². The Bertz CT molecular complexity index is 408. The molecule has 0 radical (unpaired) electrons. The number of ether oxygens (including phenoxy) is 1. The van der Waals surface area contributed by atoms with E-state index < -0.39 is 0 Å².